The van der Waals surface area contributed by atoms with E-state index in [-0.39, 0.29) is 18.4 Å². The van der Waals surface area contributed by atoms with Crippen molar-refractivity contribution in [3.63, 3.8) is 0 Å². The third-order valence-corrected chi connectivity index (χ3v) is 5.26. The second-order valence-electron chi connectivity index (χ2n) is 6.19. The van der Waals surface area contributed by atoms with E-state index in [1.54, 1.807) is 60.0 Å². The molecule has 0 aliphatic carbocycles. The third-order valence-electron chi connectivity index (χ3n) is 4.11. The van der Waals surface area contributed by atoms with Crippen molar-refractivity contribution in [3.05, 3.63) is 76.6 Å². The Hall–Kier alpha value is -3.49. The predicted octanol–water partition coefficient (Wildman–Crippen LogP) is 4.49. The number of aromatic nitrogens is 2. The lowest BCUT2D eigenvalue weighted by atomic mass is 10.2. The molecule has 0 atom stereocenters. The van der Waals surface area contributed by atoms with Crippen LogP contribution in [-0.4, -0.2) is 28.5 Å². The van der Waals surface area contributed by atoms with Crippen molar-refractivity contribution in [1.29, 1.82) is 0 Å². The molecular weight excluding hydrogens is 424 g/mol. The fourth-order valence-corrected chi connectivity index (χ4v) is 3.55. The van der Waals surface area contributed by atoms with Crippen molar-refractivity contribution in [1.82, 2.24) is 15.5 Å². The Kier molecular flexibility index (Phi) is 5.87. The molecule has 0 fully saturated rings. The van der Waals surface area contributed by atoms with Crippen LogP contribution in [0.1, 0.15) is 10.4 Å². The monoisotopic (exact) mass is 438 g/mol. The van der Waals surface area contributed by atoms with E-state index in [0.29, 0.717) is 32.9 Å². The average molecular weight is 439 g/mol. The molecule has 4 aromatic rings. The van der Waals surface area contributed by atoms with Crippen molar-refractivity contribution in [2.45, 2.75) is 0 Å². The fraction of sp³-hybridized carbons (Fsp3) is 0.0476. The maximum atomic E-state index is 12.3. The minimum Gasteiger partial charge on any atom is -0.343 e. The summed E-state index contributed by atoms with van der Waals surface area (Å²) < 4.78 is 5.37. The summed E-state index contributed by atoms with van der Waals surface area (Å²) in [6.07, 6.45) is 0. The first-order valence-corrected chi connectivity index (χ1v) is 10.2. The van der Waals surface area contributed by atoms with Crippen LogP contribution < -0.4 is 10.6 Å². The van der Waals surface area contributed by atoms with Crippen molar-refractivity contribution >= 4 is 40.4 Å². The van der Waals surface area contributed by atoms with Gasteiger partial charge in [0.2, 0.25) is 11.7 Å². The second-order valence-corrected chi connectivity index (χ2v) is 7.54. The number of hydrogen-bond donors (Lipinski definition) is 2. The van der Waals surface area contributed by atoms with Crippen LogP contribution in [0.15, 0.2) is 70.6 Å². The van der Waals surface area contributed by atoms with Gasteiger partial charge in [0.25, 0.3) is 11.8 Å². The molecule has 9 heteroatoms. The van der Waals surface area contributed by atoms with Gasteiger partial charge < -0.3 is 15.2 Å². The highest BCUT2D eigenvalue weighted by Crippen LogP contribution is 2.33. The molecule has 2 aromatic heterocycles. The number of amides is 2. The number of thiophene rings is 1. The number of rotatable bonds is 6. The molecule has 0 saturated carbocycles. The minimum atomic E-state index is -0.364. The van der Waals surface area contributed by atoms with Crippen LogP contribution >= 0.6 is 22.9 Å². The molecular formula is C21H15ClN4O3S. The number of anilines is 1. The lowest BCUT2D eigenvalue weighted by Crippen LogP contribution is -2.32. The van der Waals surface area contributed by atoms with Crippen LogP contribution in [0.5, 0.6) is 0 Å². The molecule has 0 saturated heterocycles. The normalized spacial score (nSPS) is 10.6. The lowest BCUT2D eigenvalue weighted by Gasteiger charge is -2.06. The molecule has 150 valence electrons. The Morgan fingerprint density at radius 3 is 2.57 bits per heavy atom. The first-order valence-electron chi connectivity index (χ1n) is 8.91. The Morgan fingerprint density at radius 2 is 1.80 bits per heavy atom. The van der Waals surface area contributed by atoms with Gasteiger partial charge in [-0.15, -0.1) is 11.3 Å². The summed E-state index contributed by atoms with van der Waals surface area (Å²) in [5, 5.41) is 11.8. The van der Waals surface area contributed by atoms with Gasteiger partial charge in [0.05, 0.1) is 12.2 Å². The largest absolute Gasteiger partial charge is 0.343 e. The number of carbonyl (C=O) groups is 2. The molecule has 0 radical (unpaired) electrons. The molecule has 2 heterocycles. The zero-order valence-electron chi connectivity index (χ0n) is 15.5. The molecule has 4 rings (SSSR count). The molecule has 2 amide bonds. The number of nitrogens with one attached hydrogen (secondary N) is 2. The first kappa shape index (κ1) is 19.8. The summed E-state index contributed by atoms with van der Waals surface area (Å²) in [7, 11) is 0. The number of hydrogen-bond acceptors (Lipinski definition) is 6. The molecule has 0 aliphatic heterocycles. The first-order chi connectivity index (χ1) is 14.6. The topological polar surface area (TPSA) is 97.1 Å². The van der Waals surface area contributed by atoms with Crippen molar-refractivity contribution in [2.75, 3.05) is 11.9 Å². The van der Waals surface area contributed by atoms with E-state index in [9.17, 15) is 9.59 Å². The van der Waals surface area contributed by atoms with Gasteiger partial charge in [-0.25, -0.2) is 0 Å². The quantitative estimate of drug-likeness (QED) is 0.462. The highest BCUT2D eigenvalue weighted by atomic mass is 35.5. The van der Waals surface area contributed by atoms with Gasteiger partial charge in [-0.3, -0.25) is 9.59 Å². The molecule has 0 unspecified atom stereocenters. The van der Waals surface area contributed by atoms with Gasteiger partial charge in [0, 0.05) is 16.1 Å². The number of nitrogens with zero attached hydrogens (tertiary/aromatic N) is 2. The number of halogens is 1. The van der Waals surface area contributed by atoms with Gasteiger partial charge in [-0.1, -0.05) is 35.0 Å². The van der Waals surface area contributed by atoms with Crippen molar-refractivity contribution in [3.8, 4) is 22.2 Å². The minimum absolute atomic E-state index is 0.164. The van der Waals surface area contributed by atoms with Crippen LogP contribution in [0.2, 0.25) is 5.02 Å². The van der Waals surface area contributed by atoms with Crippen molar-refractivity contribution in [2.24, 2.45) is 0 Å². The maximum Gasteiger partial charge on any atom is 0.270 e. The highest BCUT2D eigenvalue weighted by molar-refractivity contribution is 7.14. The summed E-state index contributed by atoms with van der Waals surface area (Å²) in [4.78, 5) is 29.4. The van der Waals surface area contributed by atoms with E-state index < -0.39 is 0 Å². The summed E-state index contributed by atoms with van der Waals surface area (Å²) in [6.45, 7) is -0.164. The van der Waals surface area contributed by atoms with Crippen LogP contribution in [0.4, 0.5) is 5.69 Å². The molecule has 0 bridgehead atoms. The zero-order chi connectivity index (χ0) is 20.9. The number of benzene rings is 2. The van der Waals surface area contributed by atoms with Crippen LogP contribution in [0.25, 0.3) is 22.2 Å². The van der Waals surface area contributed by atoms with E-state index in [1.165, 1.54) is 11.3 Å². The summed E-state index contributed by atoms with van der Waals surface area (Å²) >= 11 is 7.26. The van der Waals surface area contributed by atoms with Gasteiger partial charge in [-0.2, -0.15) is 4.98 Å². The van der Waals surface area contributed by atoms with Crippen LogP contribution in [0.3, 0.4) is 0 Å². The number of carbonyl (C=O) groups excluding carboxylic acids is 2. The fourth-order valence-electron chi connectivity index (χ4n) is 2.65. The highest BCUT2D eigenvalue weighted by Gasteiger charge is 2.17. The van der Waals surface area contributed by atoms with E-state index in [0.717, 1.165) is 5.56 Å². The molecule has 0 spiro atoms. The predicted molar refractivity (Wildman–Crippen MR) is 115 cm³/mol. The summed E-state index contributed by atoms with van der Waals surface area (Å²) in [5.41, 5.74) is 1.78. The lowest BCUT2D eigenvalue weighted by molar-refractivity contribution is -0.115. The van der Waals surface area contributed by atoms with E-state index in [1.807, 2.05) is 6.07 Å². The smallest absolute Gasteiger partial charge is 0.270 e. The molecule has 2 aromatic carbocycles. The van der Waals surface area contributed by atoms with E-state index in [4.69, 9.17) is 16.1 Å². The second kappa shape index (κ2) is 8.89. The zero-order valence-corrected chi connectivity index (χ0v) is 17.0. The Bertz CT molecular complexity index is 1170. The van der Waals surface area contributed by atoms with Gasteiger partial charge in [0.1, 0.15) is 4.88 Å². The Labute approximate surface area is 180 Å². The third kappa shape index (κ3) is 4.56. The van der Waals surface area contributed by atoms with Gasteiger partial charge in [-0.05, 0) is 47.8 Å². The van der Waals surface area contributed by atoms with Crippen LogP contribution in [-0.2, 0) is 4.79 Å². The van der Waals surface area contributed by atoms with Crippen molar-refractivity contribution < 1.29 is 14.1 Å². The average Bonchev–Trinajstić information content (AvgIpc) is 3.42. The SMILES string of the molecule is O=C(CNC(=O)c1ccccc1)Nc1ccsc1-c1nc(-c2ccc(Cl)cc2)no1. The molecule has 0 aliphatic rings. The summed E-state index contributed by atoms with van der Waals surface area (Å²) in [5.74, 6) is 0.0261. The summed E-state index contributed by atoms with van der Waals surface area (Å²) in [6, 6.07) is 17.5. The van der Waals surface area contributed by atoms with Gasteiger partial charge in [0.15, 0.2) is 0 Å². The van der Waals surface area contributed by atoms with E-state index >= 15 is 0 Å². The maximum absolute atomic E-state index is 12.3. The van der Waals surface area contributed by atoms with Gasteiger partial charge >= 0.3 is 0 Å². The van der Waals surface area contributed by atoms with E-state index in [2.05, 4.69) is 20.8 Å². The standard InChI is InChI=1S/C21H15ClN4O3S/c22-15-8-6-13(7-9-15)19-25-21(29-26-19)18-16(10-11-30-18)24-17(27)12-23-20(28)14-4-2-1-3-5-14/h1-11H,12H2,(H,23,28)(H,24,27). The van der Waals surface area contributed by atoms with Crippen LogP contribution in [0, 0.1) is 0 Å². The molecule has 7 nitrogen and oxygen atoms in total. The molecule has 2 N–H and O–H groups in total. The Morgan fingerprint density at radius 1 is 1.03 bits per heavy atom. The Balaban J connectivity index is 1.42. The molecule has 30 heavy (non-hydrogen) atoms.